The van der Waals surface area contributed by atoms with Crippen molar-refractivity contribution >= 4 is 21.6 Å². The molecule has 2 aliphatic heterocycles. The Kier molecular flexibility index (Phi) is 4.00. The summed E-state index contributed by atoms with van der Waals surface area (Å²) in [4.78, 5) is 14.8. The van der Waals surface area contributed by atoms with E-state index < -0.39 is 10.0 Å². The molecule has 3 aliphatic rings. The minimum atomic E-state index is -3.74. The number of carbonyl (C=O) groups is 1. The maximum absolute atomic E-state index is 13.4. The predicted octanol–water partition coefficient (Wildman–Crippen LogP) is 1.96. The Balaban J connectivity index is 1.58. The molecule has 1 saturated heterocycles. The van der Waals surface area contributed by atoms with Gasteiger partial charge < -0.3 is 10.0 Å². The molecule has 3 atom stereocenters. The van der Waals surface area contributed by atoms with Crippen molar-refractivity contribution in [3.05, 3.63) is 60.2 Å². The molecule has 1 amide bonds. The van der Waals surface area contributed by atoms with Crippen molar-refractivity contribution in [3.8, 4) is 0 Å². The molecular formula is C21H22N2O4S. The minimum Gasteiger partial charge on any atom is -0.394 e. The van der Waals surface area contributed by atoms with Crippen LogP contribution in [0.25, 0.3) is 0 Å². The molecule has 0 spiro atoms. The molecule has 0 radical (unpaired) electrons. The van der Waals surface area contributed by atoms with Gasteiger partial charge in [0.05, 0.1) is 35.8 Å². The molecule has 7 heteroatoms. The van der Waals surface area contributed by atoms with Gasteiger partial charge >= 0.3 is 0 Å². The normalized spacial score (nSPS) is 26.2. The molecule has 1 N–H and O–H groups in total. The first-order valence-electron chi connectivity index (χ1n) is 9.64. The molecule has 2 fully saturated rings. The molecule has 2 aromatic carbocycles. The number of likely N-dealkylation sites (tertiary alicyclic amines) is 1. The fourth-order valence-corrected chi connectivity index (χ4v) is 6.17. The van der Waals surface area contributed by atoms with E-state index in [0.29, 0.717) is 5.69 Å². The largest absolute Gasteiger partial charge is 0.394 e. The van der Waals surface area contributed by atoms with Gasteiger partial charge in [-0.15, -0.1) is 0 Å². The van der Waals surface area contributed by atoms with Gasteiger partial charge in [0.2, 0.25) is 5.91 Å². The molecule has 0 aromatic heterocycles. The zero-order chi connectivity index (χ0) is 19.5. The van der Waals surface area contributed by atoms with Crippen LogP contribution in [0.15, 0.2) is 59.5 Å². The number of nitrogens with zero attached hydrogens (tertiary/aromatic N) is 2. The number of para-hydroxylation sites is 1. The monoisotopic (exact) mass is 398 g/mol. The van der Waals surface area contributed by atoms with E-state index in [4.69, 9.17) is 0 Å². The number of sulfonamides is 1. The van der Waals surface area contributed by atoms with Crippen LogP contribution in [0.3, 0.4) is 0 Å². The van der Waals surface area contributed by atoms with E-state index in [0.717, 1.165) is 18.4 Å². The fraction of sp³-hybridized carbons (Fsp3) is 0.381. The zero-order valence-electron chi connectivity index (χ0n) is 15.3. The van der Waals surface area contributed by atoms with E-state index in [1.807, 2.05) is 24.3 Å². The number of hydrogen-bond donors (Lipinski definition) is 1. The third-order valence-corrected chi connectivity index (χ3v) is 7.95. The smallest absolute Gasteiger partial charge is 0.264 e. The molecule has 1 saturated carbocycles. The highest BCUT2D eigenvalue weighted by Gasteiger charge is 2.57. The summed E-state index contributed by atoms with van der Waals surface area (Å²) >= 11 is 0. The summed E-state index contributed by atoms with van der Waals surface area (Å²) < 4.78 is 28.2. The van der Waals surface area contributed by atoms with E-state index in [-0.39, 0.29) is 47.9 Å². The highest BCUT2D eigenvalue weighted by molar-refractivity contribution is 7.92. The molecule has 0 unspecified atom stereocenters. The Morgan fingerprint density at radius 2 is 1.71 bits per heavy atom. The van der Waals surface area contributed by atoms with Gasteiger partial charge in [0, 0.05) is 11.8 Å². The van der Waals surface area contributed by atoms with Crippen molar-refractivity contribution in [3.63, 3.8) is 0 Å². The molecule has 5 rings (SSSR count). The van der Waals surface area contributed by atoms with Crippen LogP contribution in [0, 0.1) is 5.92 Å². The zero-order valence-corrected chi connectivity index (χ0v) is 16.1. The summed E-state index contributed by atoms with van der Waals surface area (Å²) in [5.41, 5.74) is 1.53. The third kappa shape index (κ3) is 2.49. The summed E-state index contributed by atoms with van der Waals surface area (Å²) in [6.07, 6.45) is 1.76. The number of hydrogen-bond acceptors (Lipinski definition) is 4. The Morgan fingerprint density at radius 3 is 2.39 bits per heavy atom. The number of anilines is 1. The molecule has 146 valence electrons. The van der Waals surface area contributed by atoms with Crippen LogP contribution in [0.2, 0.25) is 0 Å². The topological polar surface area (TPSA) is 77.9 Å². The Bertz CT molecular complexity index is 1020. The molecule has 2 aromatic rings. The number of rotatable bonds is 4. The summed E-state index contributed by atoms with van der Waals surface area (Å²) in [6.45, 7) is 0.104. The van der Waals surface area contributed by atoms with Gasteiger partial charge in [0.25, 0.3) is 10.0 Å². The van der Waals surface area contributed by atoms with Crippen LogP contribution in [0.5, 0.6) is 0 Å². The lowest BCUT2D eigenvalue weighted by atomic mass is 9.72. The van der Waals surface area contributed by atoms with Crippen LogP contribution < -0.4 is 4.31 Å². The number of aliphatic hydroxyl groups is 1. The van der Waals surface area contributed by atoms with Crippen molar-refractivity contribution in [2.75, 3.05) is 17.5 Å². The number of carbonyl (C=O) groups excluding carboxylic acids is 1. The van der Waals surface area contributed by atoms with Crippen molar-refractivity contribution in [2.24, 2.45) is 5.92 Å². The second-order valence-corrected chi connectivity index (χ2v) is 9.63. The minimum absolute atomic E-state index is 0.0337. The summed E-state index contributed by atoms with van der Waals surface area (Å²) in [5.74, 6) is 0.0502. The van der Waals surface area contributed by atoms with Gasteiger partial charge in [0.1, 0.15) is 0 Å². The maximum Gasteiger partial charge on any atom is 0.264 e. The van der Waals surface area contributed by atoms with Gasteiger partial charge in [-0.25, -0.2) is 8.42 Å². The number of benzene rings is 2. The molecular weight excluding hydrogens is 376 g/mol. The standard InChI is InChI=1S/C21H22N2O4S/c24-13-19-20-16-8-4-5-9-17(16)22(28(26,27)15-6-2-1-3-7-15)12-18(20)23(19)21(25)14-10-11-14/h1-9,14,18-20,24H,10-13H2/t18-,19-,20+/m0/s1. The Morgan fingerprint density at radius 1 is 1.04 bits per heavy atom. The second kappa shape index (κ2) is 6.32. The number of fused-ring (bicyclic) bond motifs is 3. The first kappa shape index (κ1) is 17.7. The van der Waals surface area contributed by atoms with Crippen molar-refractivity contribution in [1.82, 2.24) is 4.90 Å². The quantitative estimate of drug-likeness (QED) is 0.854. The molecule has 28 heavy (non-hydrogen) atoms. The van der Waals surface area contributed by atoms with Gasteiger partial charge in [-0.3, -0.25) is 9.10 Å². The van der Waals surface area contributed by atoms with E-state index in [1.54, 1.807) is 35.2 Å². The lowest BCUT2D eigenvalue weighted by Gasteiger charge is -2.59. The predicted molar refractivity (Wildman–Crippen MR) is 104 cm³/mol. The van der Waals surface area contributed by atoms with E-state index in [1.165, 1.54) is 4.31 Å². The lowest BCUT2D eigenvalue weighted by Crippen LogP contribution is -2.71. The third-order valence-electron chi connectivity index (χ3n) is 6.16. The molecule has 2 heterocycles. The second-order valence-electron chi connectivity index (χ2n) is 7.77. The average Bonchev–Trinajstić information content (AvgIpc) is 3.54. The highest BCUT2D eigenvalue weighted by Crippen LogP contribution is 2.51. The molecule has 0 bridgehead atoms. The van der Waals surface area contributed by atoms with Crippen LogP contribution >= 0.6 is 0 Å². The van der Waals surface area contributed by atoms with Gasteiger partial charge in [-0.1, -0.05) is 36.4 Å². The van der Waals surface area contributed by atoms with Crippen LogP contribution in [0.1, 0.15) is 24.3 Å². The Labute approximate surface area is 164 Å². The molecule has 6 nitrogen and oxygen atoms in total. The van der Waals surface area contributed by atoms with Crippen molar-refractivity contribution in [1.29, 1.82) is 0 Å². The fourth-order valence-electron chi connectivity index (χ4n) is 4.64. The maximum atomic E-state index is 13.4. The number of aliphatic hydroxyl groups excluding tert-OH is 1. The Hall–Kier alpha value is -2.38. The SMILES string of the molecule is O=C(C1CC1)N1[C@@H](CO)[C@@H]2c3ccccc3N(S(=O)(=O)c3ccccc3)C[C@@H]21. The number of amides is 1. The first-order chi connectivity index (χ1) is 13.5. The van der Waals surface area contributed by atoms with Crippen LogP contribution in [-0.2, 0) is 14.8 Å². The molecule has 1 aliphatic carbocycles. The first-order valence-corrected chi connectivity index (χ1v) is 11.1. The van der Waals surface area contributed by atoms with Gasteiger partial charge in [-0.05, 0) is 36.6 Å². The van der Waals surface area contributed by atoms with Crippen LogP contribution in [0.4, 0.5) is 5.69 Å². The van der Waals surface area contributed by atoms with Gasteiger partial charge in [-0.2, -0.15) is 0 Å². The highest BCUT2D eigenvalue weighted by atomic mass is 32.2. The van der Waals surface area contributed by atoms with Gasteiger partial charge in [0.15, 0.2) is 0 Å². The van der Waals surface area contributed by atoms with Crippen molar-refractivity contribution in [2.45, 2.75) is 35.7 Å². The lowest BCUT2D eigenvalue weighted by molar-refractivity contribution is -0.151. The summed E-state index contributed by atoms with van der Waals surface area (Å²) in [5, 5.41) is 9.95. The summed E-state index contributed by atoms with van der Waals surface area (Å²) in [6, 6.07) is 15.3. The summed E-state index contributed by atoms with van der Waals surface area (Å²) in [7, 11) is -3.74. The average molecular weight is 398 g/mol. The van der Waals surface area contributed by atoms with E-state index in [2.05, 4.69) is 0 Å². The van der Waals surface area contributed by atoms with Crippen molar-refractivity contribution < 1.29 is 18.3 Å². The van der Waals surface area contributed by atoms with E-state index in [9.17, 15) is 18.3 Å². The van der Waals surface area contributed by atoms with Crippen LogP contribution in [-0.4, -0.2) is 49.6 Å². The van der Waals surface area contributed by atoms with E-state index >= 15 is 0 Å².